The largest absolute Gasteiger partial charge is 0.480 e. The lowest BCUT2D eigenvalue weighted by Gasteiger charge is -2.13. The number of nitrogens with zero attached hydrogens (tertiary/aromatic N) is 2. The zero-order valence-corrected chi connectivity index (χ0v) is 15.0. The van der Waals surface area contributed by atoms with Crippen LogP contribution < -0.4 is 4.80 Å². The second kappa shape index (κ2) is 7.93. The first kappa shape index (κ1) is 17.8. The highest BCUT2D eigenvalue weighted by Gasteiger charge is 2.21. The first-order valence-corrected chi connectivity index (χ1v) is 9.06. The third-order valence-electron chi connectivity index (χ3n) is 3.94. The fourth-order valence-corrected chi connectivity index (χ4v) is 3.78. The average molecular weight is 366 g/mol. The summed E-state index contributed by atoms with van der Waals surface area (Å²) in [7, 11) is 0. The molecule has 0 bridgehead atoms. The van der Waals surface area contributed by atoms with Crippen molar-refractivity contribution in [1.29, 1.82) is 0 Å². The van der Waals surface area contributed by atoms with E-state index in [-0.39, 0.29) is 0 Å². The van der Waals surface area contributed by atoms with Gasteiger partial charge in [0.05, 0.1) is 10.2 Å². The molecule has 2 aromatic carbocycles. The summed E-state index contributed by atoms with van der Waals surface area (Å²) in [5.41, 5.74) is 1.67. The molecule has 3 rings (SSSR count). The van der Waals surface area contributed by atoms with E-state index in [9.17, 15) is 14.7 Å². The van der Waals surface area contributed by atoms with Crippen LogP contribution >= 0.6 is 11.3 Å². The van der Waals surface area contributed by atoms with E-state index in [0.717, 1.165) is 15.8 Å². The van der Waals surface area contributed by atoms with E-state index in [4.69, 9.17) is 0 Å². The predicted molar refractivity (Wildman–Crippen MR) is 103 cm³/mol. The van der Waals surface area contributed by atoms with Crippen LogP contribution in [-0.4, -0.2) is 21.6 Å². The van der Waals surface area contributed by atoms with Crippen LogP contribution in [-0.2, 0) is 9.59 Å². The molecule has 0 saturated carbocycles. The monoisotopic (exact) mass is 366 g/mol. The molecule has 1 unspecified atom stereocenters. The normalized spacial score (nSPS) is 13.3. The molecular weight excluding hydrogens is 348 g/mol. The topological polar surface area (TPSA) is 71.7 Å². The average Bonchev–Trinajstić information content (AvgIpc) is 2.99. The van der Waals surface area contributed by atoms with Gasteiger partial charge in [-0.3, -0.25) is 4.79 Å². The maximum Gasteiger partial charge on any atom is 0.326 e. The lowest BCUT2D eigenvalue weighted by atomic mass is 10.2. The van der Waals surface area contributed by atoms with Gasteiger partial charge in [-0.25, -0.2) is 4.79 Å². The number of aromatic nitrogens is 1. The van der Waals surface area contributed by atoms with Crippen molar-refractivity contribution in [2.45, 2.75) is 19.4 Å². The van der Waals surface area contributed by atoms with Crippen LogP contribution in [0, 0.1) is 0 Å². The lowest BCUT2D eigenvalue weighted by molar-refractivity contribution is -0.141. The molecule has 0 aliphatic rings. The zero-order valence-electron chi connectivity index (χ0n) is 14.2. The van der Waals surface area contributed by atoms with Gasteiger partial charge in [0.2, 0.25) is 0 Å². The Morgan fingerprint density at radius 3 is 2.54 bits per heavy atom. The number of rotatable bonds is 5. The molecular formula is C20H18N2O3S. The molecule has 1 heterocycles. The number of aliphatic carboxylic acids is 1. The first-order valence-electron chi connectivity index (χ1n) is 8.25. The van der Waals surface area contributed by atoms with Gasteiger partial charge >= 0.3 is 5.97 Å². The number of hydrogen-bond acceptors (Lipinski definition) is 3. The molecule has 0 fully saturated rings. The fourth-order valence-electron chi connectivity index (χ4n) is 2.70. The number of carbonyl (C=O) groups excluding carboxylic acids is 1. The number of fused-ring (bicyclic) bond motifs is 1. The molecule has 132 valence electrons. The summed E-state index contributed by atoms with van der Waals surface area (Å²) in [6.07, 6.45) is 3.49. The van der Waals surface area contributed by atoms with Crippen molar-refractivity contribution < 1.29 is 14.7 Å². The number of carbonyl (C=O) groups is 2. The quantitative estimate of drug-likeness (QED) is 0.697. The SMILES string of the molecule is CCC(C(=O)O)n1c(=NC(=O)/C=C/c2ccccc2)sc2ccccc21. The van der Waals surface area contributed by atoms with Crippen molar-refractivity contribution in [2.75, 3.05) is 0 Å². The standard InChI is InChI=1S/C20H18N2O3S/c1-2-15(19(24)25)22-16-10-6-7-11-17(16)26-20(22)21-18(23)13-12-14-8-4-3-5-9-14/h3-13,15H,2H2,1H3,(H,24,25)/b13-12+,21-20?. The van der Waals surface area contributed by atoms with Gasteiger partial charge in [0, 0.05) is 6.08 Å². The molecule has 0 aliphatic heterocycles. The molecule has 0 aliphatic carbocycles. The molecule has 1 amide bonds. The highest BCUT2D eigenvalue weighted by molar-refractivity contribution is 7.16. The van der Waals surface area contributed by atoms with Gasteiger partial charge in [-0.1, -0.05) is 60.7 Å². The Kier molecular flexibility index (Phi) is 5.43. The van der Waals surface area contributed by atoms with E-state index < -0.39 is 17.9 Å². The van der Waals surface area contributed by atoms with Gasteiger partial charge in [0.25, 0.3) is 5.91 Å². The van der Waals surface area contributed by atoms with Crippen molar-refractivity contribution >= 4 is 39.5 Å². The Morgan fingerprint density at radius 1 is 1.15 bits per heavy atom. The molecule has 0 spiro atoms. The van der Waals surface area contributed by atoms with Gasteiger partial charge in [-0.2, -0.15) is 4.99 Å². The maximum absolute atomic E-state index is 12.3. The Bertz CT molecular complexity index is 1030. The van der Waals surface area contributed by atoms with E-state index in [2.05, 4.69) is 4.99 Å². The molecule has 26 heavy (non-hydrogen) atoms. The van der Waals surface area contributed by atoms with Gasteiger partial charge in [0.1, 0.15) is 6.04 Å². The van der Waals surface area contributed by atoms with E-state index in [1.165, 1.54) is 17.4 Å². The minimum absolute atomic E-state index is 0.392. The predicted octanol–water partition coefficient (Wildman–Crippen LogP) is 3.88. The molecule has 5 nitrogen and oxygen atoms in total. The molecule has 3 aromatic rings. The number of benzene rings is 2. The van der Waals surface area contributed by atoms with E-state index >= 15 is 0 Å². The summed E-state index contributed by atoms with van der Waals surface area (Å²) in [4.78, 5) is 28.5. The zero-order chi connectivity index (χ0) is 18.5. The number of amides is 1. The Morgan fingerprint density at radius 2 is 1.85 bits per heavy atom. The van der Waals surface area contributed by atoms with Crippen LogP contribution in [0.15, 0.2) is 65.7 Å². The fraction of sp³-hybridized carbons (Fsp3) is 0.150. The van der Waals surface area contributed by atoms with Crippen molar-refractivity contribution in [2.24, 2.45) is 4.99 Å². The van der Waals surface area contributed by atoms with E-state index in [0.29, 0.717) is 11.2 Å². The number of carboxylic acids is 1. The van der Waals surface area contributed by atoms with Gasteiger partial charge in [-0.15, -0.1) is 0 Å². The van der Waals surface area contributed by atoms with Gasteiger partial charge in [0.15, 0.2) is 4.80 Å². The summed E-state index contributed by atoms with van der Waals surface area (Å²) < 4.78 is 2.53. The molecule has 6 heteroatoms. The highest BCUT2D eigenvalue weighted by atomic mass is 32.1. The van der Waals surface area contributed by atoms with E-state index in [1.807, 2.05) is 54.6 Å². The Hall–Kier alpha value is -2.99. The maximum atomic E-state index is 12.3. The summed E-state index contributed by atoms with van der Waals surface area (Å²) in [5, 5.41) is 9.56. The molecule has 1 N–H and O–H groups in total. The second-order valence-electron chi connectivity index (χ2n) is 5.68. The summed E-state index contributed by atoms with van der Waals surface area (Å²) in [5.74, 6) is -1.36. The minimum atomic E-state index is -0.940. The van der Waals surface area contributed by atoms with Crippen LogP contribution in [0.4, 0.5) is 0 Å². The first-order chi connectivity index (χ1) is 12.6. The molecule has 0 saturated heterocycles. The highest BCUT2D eigenvalue weighted by Crippen LogP contribution is 2.22. The number of thiazole rings is 1. The minimum Gasteiger partial charge on any atom is -0.480 e. The second-order valence-corrected chi connectivity index (χ2v) is 6.69. The third kappa shape index (κ3) is 3.81. The van der Waals surface area contributed by atoms with E-state index in [1.54, 1.807) is 17.6 Å². The van der Waals surface area contributed by atoms with Gasteiger partial charge < -0.3 is 9.67 Å². The third-order valence-corrected chi connectivity index (χ3v) is 4.98. The number of para-hydroxylation sites is 1. The summed E-state index contributed by atoms with van der Waals surface area (Å²) >= 11 is 1.31. The molecule has 1 atom stereocenters. The number of carboxylic acid groups (broad SMARTS) is 1. The summed E-state index contributed by atoms with van der Waals surface area (Å²) in [6.45, 7) is 1.80. The van der Waals surface area contributed by atoms with Crippen LogP contribution in [0.3, 0.4) is 0 Å². The van der Waals surface area contributed by atoms with Crippen LogP contribution in [0.2, 0.25) is 0 Å². The smallest absolute Gasteiger partial charge is 0.326 e. The van der Waals surface area contributed by atoms with Crippen molar-refractivity contribution in [3.05, 3.63) is 71.0 Å². The van der Waals surface area contributed by atoms with Crippen LogP contribution in [0.5, 0.6) is 0 Å². The lowest BCUT2D eigenvalue weighted by Crippen LogP contribution is -2.27. The van der Waals surface area contributed by atoms with Crippen LogP contribution in [0.25, 0.3) is 16.3 Å². The van der Waals surface area contributed by atoms with Gasteiger partial charge in [-0.05, 0) is 30.2 Å². The Balaban J connectivity index is 2.06. The Labute approximate surface area is 154 Å². The molecule has 0 radical (unpaired) electrons. The summed E-state index contributed by atoms with van der Waals surface area (Å²) in [6, 6.07) is 16.2. The van der Waals surface area contributed by atoms with Crippen molar-refractivity contribution in [3.8, 4) is 0 Å². The van der Waals surface area contributed by atoms with Crippen molar-refractivity contribution in [3.63, 3.8) is 0 Å². The number of hydrogen-bond donors (Lipinski definition) is 1. The van der Waals surface area contributed by atoms with Crippen LogP contribution in [0.1, 0.15) is 24.9 Å². The van der Waals surface area contributed by atoms with Crippen molar-refractivity contribution in [1.82, 2.24) is 4.57 Å². The molecule has 1 aromatic heterocycles.